The molecule has 0 unspecified atom stereocenters. The van der Waals surface area contributed by atoms with E-state index in [9.17, 15) is 4.79 Å². The highest BCUT2D eigenvalue weighted by Crippen LogP contribution is 2.47. The molecule has 5 nitrogen and oxygen atoms in total. The zero-order valence-corrected chi connectivity index (χ0v) is 13.8. The smallest absolute Gasteiger partial charge is 0.242 e. The molecule has 1 aromatic rings. The van der Waals surface area contributed by atoms with Crippen LogP contribution in [0.3, 0.4) is 0 Å². The zero-order chi connectivity index (χ0) is 16.1. The lowest BCUT2D eigenvalue weighted by atomic mass is 9.96. The van der Waals surface area contributed by atoms with E-state index in [1.165, 1.54) is 18.4 Å². The van der Waals surface area contributed by atoms with Gasteiger partial charge in [-0.05, 0) is 38.2 Å². The molecule has 0 aromatic heterocycles. The lowest BCUT2D eigenvalue weighted by molar-refractivity contribution is -0.119. The molecule has 0 heterocycles. The zero-order valence-electron chi connectivity index (χ0n) is 13.8. The fraction of sp³-hybridized carbons (Fsp3) is 0.556. The van der Waals surface area contributed by atoms with E-state index in [1.54, 1.807) is 0 Å². The predicted octanol–water partition coefficient (Wildman–Crippen LogP) is 1.55. The molecule has 2 aliphatic rings. The maximum Gasteiger partial charge on any atom is 0.242 e. The van der Waals surface area contributed by atoms with Gasteiger partial charge in [-0.25, -0.2) is 4.99 Å². The number of hydrogen-bond acceptors (Lipinski definition) is 2. The molecular formula is C18H26N4O. The van der Waals surface area contributed by atoms with Crippen molar-refractivity contribution in [2.24, 2.45) is 4.99 Å². The number of nitrogens with zero attached hydrogens (tertiary/aromatic N) is 1. The van der Waals surface area contributed by atoms with E-state index in [0.29, 0.717) is 6.04 Å². The summed E-state index contributed by atoms with van der Waals surface area (Å²) in [6, 6.07) is 11.0. The first-order valence-corrected chi connectivity index (χ1v) is 8.59. The van der Waals surface area contributed by atoms with Crippen molar-refractivity contribution in [1.29, 1.82) is 0 Å². The molecule has 1 amide bonds. The Kier molecular flexibility index (Phi) is 4.84. The Morgan fingerprint density at radius 2 is 1.96 bits per heavy atom. The Morgan fingerprint density at radius 1 is 1.22 bits per heavy atom. The van der Waals surface area contributed by atoms with Gasteiger partial charge < -0.3 is 16.0 Å². The van der Waals surface area contributed by atoms with Crippen LogP contribution >= 0.6 is 0 Å². The summed E-state index contributed by atoms with van der Waals surface area (Å²) in [6.07, 6.45) is 4.61. The van der Waals surface area contributed by atoms with E-state index < -0.39 is 0 Å². The van der Waals surface area contributed by atoms with Gasteiger partial charge >= 0.3 is 0 Å². The largest absolute Gasteiger partial charge is 0.357 e. The molecule has 2 aliphatic carbocycles. The van der Waals surface area contributed by atoms with Crippen LogP contribution in [0.4, 0.5) is 0 Å². The highest BCUT2D eigenvalue weighted by Gasteiger charge is 2.44. The summed E-state index contributed by atoms with van der Waals surface area (Å²) in [7, 11) is 0. The third-order valence-electron chi connectivity index (χ3n) is 4.50. The van der Waals surface area contributed by atoms with Gasteiger partial charge in [-0.2, -0.15) is 0 Å². The van der Waals surface area contributed by atoms with Gasteiger partial charge in [0.1, 0.15) is 6.54 Å². The van der Waals surface area contributed by atoms with Crippen molar-refractivity contribution in [2.75, 3.05) is 19.6 Å². The van der Waals surface area contributed by atoms with Gasteiger partial charge in [0.2, 0.25) is 5.91 Å². The van der Waals surface area contributed by atoms with E-state index in [4.69, 9.17) is 0 Å². The maximum absolute atomic E-state index is 11.8. The Bertz CT molecular complexity index is 562. The molecule has 0 saturated heterocycles. The van der Waals surface area contributed by atoms with Gasteiger partial charge in [0, 0.05) is 24.5 Å². The molecule has 3 N–H and O–H groups in total. The second kappa shape index (κ2) is 7.02. The Balaban J connectivity index is 1.53. The molecule has 23 heavy (non-hydrogen) atoms. The molecular weight excluding hydrogens is 288 g/mol. The number of guanidine groups is 1. The summed E-state index contributed by atoms with van der Waals surface area (Å²) in [5, 5.41) is 9.58. The Hall–Kier alpha value is -2.04. The molecule has 2 fully saturated rings. The second-order valence-corrected chi connectivity index (χ2v) is 6.54. The summed E-state index contributed by atoms with van der Waals surface area (Å²) >= 11 is 0. The Labute approximate surface area is 138 Å². The van der Waals surface area contributed by atoms with Gasteiger partial charge in [-0.15, -0.1) is 0 Å². The van der Waals surface area contributed by atoms with Gasteiger partial charge in [0.25, 0.3) is 0 Å². The molecule has 2 saturated carbocycles. The van der Waals surface area contributed by atoms with Crippen LogP contribution in [0.2, 0.25) is 0 Å². The van der Waals surface area contributed by atoms with Crippen LogP contribution in [0.15, 0.2) is 35.3 Å². The van der Waals surface area contributed by atoms with E-state index in [-0.39, 0.29) is 17.9 Å². The molecule has 3 rings (SSSR count). The fourth-order valence-electron chi connectivity index (χ4n) is 2.76. The molecule has 0 spiro atoms. The van der Waals surface area contributed by atoms with Crippen molar-refractivity contribution in [2.45, 2.75) is 44.1 Å². The summed E-state index contributed by atoms with van der Waals surface area (Å²) in [4.78, 5) is 16.2. The average Bonchev–Trinajstić information content (AvgIpc) is 3.47. The highest BCUT2D eigenvalue weighted by atomic mass is 16.2. The number of carbonyl (C=O) groups excluding carboxylic acids is 1. The van der Waals surface area contributed by atoms with Crippen molar-refractivity contribution in [3.05, 3.63) is 35.9 Å². The van der Waals surface area contributed by atoms with E-state index in [2.05, 4.69) is 51.3 Å². The predicted molar refractivity (Wildman–Crippen MR) is 92.5 cm³/mol. The van der Waals surface area contributed by atoms with Crippen LogP contribution in [0.1, 0.15) is 38.2 Å². The van der Waals surface area contributed by atoms with Crippen molar-refractivity contribution in [3.63, 3.8) is 0 Å². The molecule has 0 atom stereocenters. The Morgan fingerprint density at radius 3 is 2.57 bits per heavy atom. The lowest BCUT2D eigenvalue weighted by Gasteiger charge is -2.19. The van der Waals surface area contributed by atoms with Gasteiger partial charge in [0.05, 0.1) is 0 Å². The first-order valence-electron chi connectivity index (χ1n) is 8.59. The average molecular weight is 314 g/mol. The maximum atomic E-state index is 11.8. The number of aliphatic imine (C=N–C) groups is 1. The summed E-state index contributed by atoms with van der Waals surface area (Å²) in [5.74, 6) is 0.731. The first-order chi connectivity index (χ1) is 11.2. The molecule has 0 aliphatic heterocycles. The topological polar surface area (TPSA) is 65.5 Å². The SMILES string of the molecule is CCNC(=NCC(=O)NC1CC1)NCC1(c2ccccc2)CC1. The van der Waals surface area contributed by atoms with Crippen LogP contribution in [0.25, 0.3) is 0 Å². The minimum atomic E-state index is 0.00824. The van der Waals surface area contributed by atoms with Crippen molar-refractivity contribution in [1.82, 2.24) is 16.0 Å². The standard InChI is InChI=1S/C18H26N4O/c1-2-19-17(20-12-16(23)22-15-8-9-15)21-13-18(10-11-18)14-6-4-3-5-7-14/h3-7,15H,2,8-13H2,1H3,(H,22,23)(H2,19,20,21). The summed E-state index contributed by atoms with van der Waals surface area (Å²) < 4.78 is 0. The number of amides is 1. The van der Waals surface area contributed by atoms with Crippen molar-refractivity contribution >= 4 is 11.9 Å². The van der Waals surface area contributed by atoms with Gasteiger partial charge in [-0.3, -0.25) is 4.79 Å². The van der Waals surface area contributed by atoms with Crippen LogP contribution in [-0.4, -0.2) is 37.5 Å². The first kappa shape index (κ1) is 15.8. The minimum Gasteiger partial charge on any atom is -0.357 e. The normalized spacial score (nSPS) is 19.1. The fourth-order valence-corrected chi connectivity index (χ4v) is 2.76. The van der Waals surface area contributed by atoms with Crippen LogP contribution < -0.4 is 16.0 Å². The molecule has 0 radical (unpaired) electrons. The van der Waals surface area contributed by atoms with E-state index in [1.807, 2.05) is 6.92 Å². The van der Waals surface area contributed by atoms with Crippen LogP contribution in [-0.2, 0) is 10.2 Å². The highest BCUT2D eigenvalue weighted by molar-refractivity contribution is 5.85. The van der Waals surface area contributed by atoms with E-state index in [0.717, 1.165) is 31.9 Å². The summed E-state index contributed by atoms with van der Waals surface area (Å²) in [6.45, 7) is 3.86. The molecule has 1 aromatic carbocycles. The molecule has 0 bridgehead atoms. The third kappa shape index (κ3) is 4.47. The minimum absolute atomic E-state index is 0.00824. The third-order valence-corrected chi connectivity index (χ3v) is 4.50. The van der Waals surface area contributed by atoms with Crippen LogP contribution in [0.5, 0.6) is 0 Å². The van der Waals surface area contributed by atoms with E-state index >= 15 is 0 Å². The number of benzene rings is 1. The number of hydrogen-bond donors (Lipinski definition) is 3. The molecule has 5 heteroatoms. The second-order valence-electron chi connectivity index (χ2n) is 6.54. The van der Waals surface area contributed by atoms with Gasteiger partial charge in [0.15, 0.2) is 5.96 Å². The summed E-state index contributed by atoms with van der Waals surface area (Å²) in [5.41, 5.74) is 1.61. The quantitative estimate of drug-likeness (QED) is 0.528. The lowest BCUT2D eigenvalue weighted by Crippen LogP contribution is -2.42. The number of rotatable bonds is 7. The number of carbonyl (C=O) groups is 1. The monoisotopic (exact) mass is 314 g/mol. The van der Waals surface area contributed by atoms with Crippen LogP contribution in [0, 0.1) is 0 Å². The molecule has 124 valence electrons. The number of nitrogens with one attached hydrogen (secondary N) is 3. The van der Waals surface area contributed by atoms with Gasteiger partial charge in [-0.1, -0.05) is 30.3 Å². The van der Waals surface area contributed by atoms with Crippen molar-refractivity contribution < 1.29 is 4.79 Å². The van der Waals surface area contributed by atoms with Crippen molar-refractivity contribution in [3.8, 4) is 0 Å².